The molecule has 0 amide bonds. The molecule has 3 rings (SSSR count). The lowest BCUT2D eigenvalue weighted by Gasteiger charge is -2.39. The van der Waals surface area contributed by atoms with Crippen molar-refractivity contribution in [2.45, 2.75) is 73.1 Å². The number of aliphatic hydroxyl groups is 13. The molecule has 0 saturated carbocycles. The molecular formula is C18H34O17. The molecule has 35 heavy (non-hydrogen) atoms. The molecule has 0 radical (unpaired) electrons. The maximum atomic E-state index is 10.6. The molecule has 3 aliphatic heterocycles. The van der Waals surface area contributed by atoms with Crippen LogP contribution in [0.1, 0.15) is 0 Å². The molecule has 3 heterocycles. The normalized spacial score (nSPS) is 43.3. The minimum atomic E-state index is -2.44. The van der Waals surface area contributed by atoms with E-state index in [9.17, 15) is 4.79 Å². The van der Waals surface area contributed by atoms with Crippen molar-refractivity contribution in [2.75, 3.05) is 33.0 Å². The Morgan fingerprint density at radius 2 is 1.20 bits per heavy atom. The Balaban J connectivity index is 0.000000263. The molecule has 3 fully saturated rings. The average Bonchev–Trinajstić information content (AvgIpc) is 2.83. The number of rotatable bonds is 3. The number of aliphatic hydroxyl groups excluding tert-OH is 11. The molecule has 0 aliphatic carbocycles. The molecule has 3 aliphatic rings. The number of carbonyl (C=O) groups is 1. The van der Waals surface area contributed by atoms with Gasteiger partial charge in [0.05, 0.1) is 19.8 Å². The molecule has 0 aromatic carbocycles. The van der Waals surface area contributed by atoms with Gasteiger partial charge in [0.25, 0.3) is 0 Å². The molecule has 3 saturated heterocycles. The first-order valence-electron chi connectivity index (χ1n) is 10.4. The summed E-state index contributed by atoms with van der Waals surface area (Å²) in [4.78, 5) is 10.6. The van der Waals surface area contributed by atoms with E-state index in [4.69, 9.17) is 71.1 Å². The number of hydrogen-bond acceptors (Lipinski definition) is 17. The van der Waals surface area contributed by atoms with E-state index in [1.54, 1.807) is 0 Å². The minimum absolute atomic E-state index is 0.247. The number of Topliss-reactive ketones (excluding diaryl/α,β-unsaturated/α-hetero) is 1. The van der Waals surface area contributed by atoms with Gasteiger partial charge >= 0.3 is 0 Å². The first-order chi connectivity index (χ1) is 16.2. The van der Waals surface area contributed by atoms with E-state index in [1.807, 2.05) is 0 Å². The van der Waals surface area contributed by atoms with Gasteiger partial charge in [-0.25, -0.2) is 0 Å². The van der Waals surface area contributed by atoms with Gasteiger partial charge in [-0.3, -0.25) is 4.79 Å². The second-order valence-corrected chi connectivity index (χ2v) is 8.00. The van der Waals surface area contributed by atoms with Crippen molar-refractivity contribution < 1.29 is 85.4 Å². The monoisotopic (exact) mass is 522 g/mol. The maximum Gasteiger partial charge on any atom is 0.216 e. The third-order valence-corrected chi connectivity index (χ3v) is 5.39. The Kier molecular flexibility index (Phi) is 12.9. The second kappa shape index (κ2) is 14.1. The molecule has 17 heteroatoms. The summed E-state index contributed by atoms with van der Waals surface area (Å²) >= 11 is 0. The quantitative estimate of drug-likeness (QED) is 0.153. The van der Waals surface area contributed by atoms with Gasteiger partial charge in [0.15, 0.2) is 12.1 Å². The van der Waals surface area contributed by atoms with Crippen LogP contribution < -0.4 is 0 Å². The van der Waals surface area contributed by atoms with Gasteiger partial charge in [0, 0.05) is 0 Å². The van der Waals surface area contributed by atoms with E-state index >= 15 is 0 Å². The van der Waals surface area contributed by atoms with E-state index in [0.717, 1.165) is 0 Å². The van der Waals surface area contributed by atoms with Crippen LogP contribution in [0.4, 0.5) is 0 Å². The Bertz CT molecular complexity index is 629. The Hall–Kier alpha value is -0.970. The van der Waals surface area contributed by atoms with Crippen molar-refractivity contribution in [1.82, 2.24) is 0 Å². The summed E-state index contributed by atoms with van der Waals surface area (Å²) in [5.41, 5.74) is 0. The zero-order valence-corrected chi connectivity index (χ0v) is 18.3. The first kappa shape index (κ1) is 32.1. The summed E-state index contributed by atoms with van der Waals surface area (Å²) < 4.78 is 14.0. The fourth-order valence-corrected chi connectivity index (χ4v) is 3.06. The lowest BCUT2D eigenvalue weighted by atomic mass is 9.98. The van der Waals surface area contributed by atoms with Crippen LogP contribution in [0.15, 0.2) is 0 Å². The smallest absolute Gasteiger partial charge is 0.216 e. The summed E-state index contributed by atoms with van der Waals surface area (Å²) in [6.07, 6.45) is -14.8. The van der Waals surface area contributed by atoms with Gasteiger partial charge in [-0.05, 0) is 0 Å². The lowest BCUT2D eigenvalue weighted by molar-refractivity contribution is -0.319. The van der Waals surface area contributed by atoms with Crippen LogP contribution in [-0.4, -0.2) is 178 Å². The van der Waals surface area contributed by atoms with Gasteiger partial charge in [0.1, 0.15) is 74.3 Å². The van der Waals surface area contributed by atoms with Crippen LogP contribution in [0.3, 0.4) is 0 Å². The molecule has 13 N–H and O–H groups in total. The van der Waals surface area contributed by atoms with Crippen molar-refractivity contribution in [3.63, 3.8) is 0 Å². The second-order valence-electron chi connectivity index (χ2n) is 8.00. The zero-order chi connectivity index (χ0) is 27.1. The van der Waals surface area contributed by atoms with Crippen LogP contribution in [0.25, 0.3) is 0 Å². The molecule has 208 valence electrons. The highest BCUT2D eigenvalue weighted by atomic mass is 16.6. The fourth-order valence-electron chi connectivity index (χ4n) is 3.06. The number of ketones is 1. The fraction of sp³-hybridized carbons (Fsp3) is 0.944. The molecular weight excluding hydrogens is 488 g/mol. The van der Waals surface area contributed by atoms with Crippen molar-refractivity contribution in [3.8, 4) is 0 Å². The van der Waals surface area contributed by atoms with Crippen molar-refractivity contribution >= 4 is 5.78 Å². The predicted molar refractivity (Wildman–Crippen MR) is 106 cm³/mol. The molecule has 0 spiro atoms. The minimum Gasteiger partial charge on any atom is -0.394 e. The van der Waals surface area contributed by atoms with Crippen LogP contribution >= 0.6 is 0 Å². The molecule has 17 nitrogen and oxygen atoms in total. The highest BCUT2D eigenvalue weighted by Crippen LogP contribution is 2.21. The molecule has 4 unspecified atom stereocenters. The third-order valence-electron chi connectivity index (χ3n) is 5.39. The SMILES string of the molecule is O=C1COC(CO)[C@@H](O)[C@H]1O.OCC1OCC(O)(O)[C@H](O)[C@@H]1O.OCC1O[C@H](O)C(O)[C@H](O)[C@@H]1O. The third kappa shape index (κ3) is 8.27. The van der Waals surface area contributed by atoms with Gasteiger partial charge in [-0.2, -0.15) is 0 Å². The zero-order valence-electron chi connectivity index (χ0n) is 18.3. The molecule has 0 aromatic heterocycles. The van der Waals surface area contributed by atoms with E-state index < -0.39 is 105 Å². The van der Waals surface area contributed by atoms with Gasteiger partial charge in [0.2, 0.25) is 5.79 Å². The average molecular weight is 522 g/mol. The van der Waals surface area contributed by atoms with Crippen LogP contribution in [-0.2, 0) is 19.0 Å². The maximum absolute atomic E-state index is 10.6. The summed E-state index contributed by atoms with van der Waals surface area (Å²) in [6.45, 7) is -2.18. The van der Waals surface area contributed by atoms with Gasteiger partial charge in [-0.1, -0.05) is 0 Å². The highest BCUT2D eigenvalue weighted by molar-refractivity contribution is 5.85. The largest absolute Gasteiger partial charge is 0.394 e. The van der Waals surface area contributed by atoms with Crippen molar-refractivity contribution in [1.29, 1.82) is 0 Å². The van der Waals surface area contributed by atoms with Crippen molar-refractivity contribution in [2.24, 2.45) is 0 Å². The lowest BCUT2D eigenvalue weighted by Crippen LogP contribution is -2.61. The van der Waals surface area contributed by atoms with Crippen LogP contribution in [0.2, 0.25) is 0 Å². The van der Waals surface area contributed by atoms with E-state index in [1.165, 1.54) is 0 Å². The Morgan fingerprint density at radius 1 is 0.686 bits per heavy atom. The number of carbonyl (C=O) groups excluding carboxylic acids is 1. The summed E-state index contributed by atoms with van der Waals surface area (Å²) in [5, 5.41) is 116. The topological polar surface area (TPSA) is 308 Å². The Labute approximate surface area is 198 Å². The van der Waals surface area contributed by atoms with Gasteiger partial charge < -0.3 is 80.6 Å². The number of hydrogen-bond donors (Lipinski definition) is 13. The standard InChI is InChI=1S/2C6H12O6.C6H10O5/c7-1-3-4(8)5(9)6(10,11)2-12-3;7-1-2-3(8)4(9)5(10)6(11)12-2;7-1-4-6(10)5(9)3(8)2-11-4/h3-5,7-11H,1-2H2;2-11H,1H2;4-7,9-10H,1-2H2/t3?,4-,5-;2?,3-,4-,5?,6+;4?,5-,6+/m110/s1. The number of ether oxygens (including phenoxy) is 3. The van der Waals surface area contributed by atoms with Crippen LogP contribution in [0, 0.1) is 0 Å². The van der Waals surface area contributed by atoms with Crippen LogP contribution in [0.5, 0.6) is 0 Å². The predicted octanol–water partition coefficient (Wildman–Crippen LogP) is -8.77. The van der Waals surface area contributed by atoms with Crippen molar-refractivity contribution in [3.05, 3.63) is 0 Å². The first-order valence-corrected chi connectivity index (χ1v) is 10.4. The van der Waals surface area contributed by atoms with E-state index in [0.29, 0.717) is 0 Å². The Morgan fingerprint density at radius 3 is 1.71 bits per heavy atom. The van der Waals surface area contributed by atoms with E-state index in [2.05, 4.69) is 9.47 Å². The summed E-state index contributed by atoms with van der Waals surface area (Å²) in [5.74, 6) is -2.99. The molecule has 11 atom stereocenters. The van der Waals surface area contributed by atoms with E-state index in [-0.39, 0.29) is 6.61 Å². The highest BCUT2D eigenvalue weighted by Gasteiger charge is 2.47. The molecule has 0 bridgehead atoms. The summed E-state index contributed by atoms with van der Waals surface area (Å²) in [6, 6.07) is 0. The molecule has 0 aromatic rings. The summed E-state index contributed by atoms with van der Waals surface area (Å²) in [7, 11) is 0. The van der Waals surface area contributed by atoms with Gasteiger partial charge in [-0.15, -0.1) is 0 Å².